The van der Waals surface area contributed by atoms with Gasteiger partial charge in [0.15, 0.2) is 0 Å². The molecule has 2 N–H and O–H groups in total. The molecule has 1 heterocycles. The summed E-state index contributed by atoms with van der Waals surface area (Å²) in [5.41, 5.74) is 7.74. The van der Waals surface area contributed by atoms with E-state index >= 15 is 0 Å². The minimum absolute atomic E-state index is 0.700. The van der Waals surface area contributed by atoms with Gasteiger partial charge in [-0.05, 0) is 25.1 Å². The van der Waals surface area contributed by atoms with Crippen LogP contribution in [0.4, 0.5) is 11.4 Å². The number of piperazine rings is 1. The molecule has 4 heteroatoms. The molecule has 0 amide bonds. The van der Waals surface area contributed by atoms with Crippen molar-refractivity contribution in [3.05, 3.63) is 18.2 Å². The lowest BCUT2D eigenvalue weighted by molar-refractivity contribution is 0.258. The quantitative estimate of drug-likeness (QED) is 0.826. The topological polar surface area (TPSA) is 41.7 Å². The summed E-state index contributed by atoms with van der Waals surface area (Å²) in [7, 11) is 1.66. The van der Waals surface area contributed by atoms with Crippen LogP contribution < -0.4 is 15.4 Å². The summed E-state index contributed by atoms with van der Waals surface area (Å²) in [6, 6.07) is 6.03. The predicted molar refractivity (Wildman–Crippen MR) is 76.4 cm³/mol. The van der Waals surface area contributed by atoms with Gasteiger partial charge in [-0.15, -0.1) is 0 Å². The summed E-state index contributed by atoms with van der Waals surface area (Å²) in [5, 5.41) is 0. The molecule has 1 aromatic carbocycles. The third-order valence-corrected chi connectivity index (χ3v) is 3.49. The van der Waals surface area contributed by atoms with Crippen LogP contribution in [-0.4, -0.2) is 44.7 Å². The molecule has 100 valence electrons. The van der Waals surface area contributed by atoms with E-state index in [4.69, 9.17) is 10.5 Å². The minimum atomic E-state index is 0.700. The standard InChI is InChI=1S/C14H23N3O/c1-3-6-16-7-9-17(10-8-16)12-4-5-13(15)14(11-12)18-2/h4-5,11H,3,6-10,15H2,1-2H3. The number of nitrogen functional groups attached to an aromatic ring is 1. The molecule has 0 bridgehead atoms. The van der Waals surface area contributed by atoms with Gasteiger partial charge in [0.05, 0.1) is 12.8 Å². The third kappa shape index (κ3) is 2.88. The molecule has 1 aliphatic heterocycles. The van der Waals surface area contributed by atoms with Crippen LogP contribution in [0.1, 0.15) is 13.3 Å². The number of benzene rings is 1. The Kier molecular flexibility index (Phi) is 4.31. The largest absolute Gasteiger partial charge is 0.495 e. The highest BCUT2D eigenvalue weighted by molar-refractivity contribution is 5.62. The molecule has 0 saturated carbocycles. The average Bonchev–Trinajstić information content (AvgIpc) is 2.41. The first kappa shape index (κ1) is 13.0. The Morgan fingerprint density at radius 3 is 2.56 bits per heavy atom. The van der Waals surface area contributed by atoms with Crippen LogP contribution in [0.15, 0.2) is 18.2 Å². The fourth-order valence-corrected chi connectivity index (χ4v) is 2.44. The molecule has 0 atom stereocenters. The van der Waals surface area contributed by atoms with Crippen molar-refractivity contribution in [2.24, 2.45) is 0 Å². The lowest BCUT2D eigenvalue weighted by Gasteiger charge is -2.36. The van der Waals surface area contributed by atoms with Crippen molar-refractivity contribution in [1.29, 1.82) is 0 Å². The summed E-state index contributed by atoms with van der Waals surface area (Å²) in [4.78, 5) is 4.92. The number of nitrogens with zero attached hydrogens (tertiary/aromatic N) is 2. The van der Waals surface area contributed by atoms with E-state index in [9.17, 15) is 0 Å². The molecular formula is C14H23N3O. The van der Waals surface area contributed by atoms with E-state index in [1.54, 1.807) is 7.11 Å². The third-order valence-electron chi connectivity index (χ3n) is 3.49. The summed E-state index contributed by atoms with van der Waals surface area (Å²) in [6.07, 6.45) is 1.23. The van der Waals surface area contributed by atoms with Crippen molar-refractivity contribution in [2.45, 2.75) is 13.3 Å². The van der Waals surface area contributed by atoms with Crippen molar-refractivity contribution >= 4 is 11.4 Å². The number of nitrogens with two attached hydrogens (primary N) is 1. The van der Waals surface area contributed by atoms with Crippen molar-refractivity contribution in [3.8, 4) is 5.75 Å². The second-order valence-electron chi connectivity index (χ2n) is 4.75. The molecule has 2 rings (SSSR count). The number of ether oxygens (including phenoxy) is 1. The van der Waals surface area contributed by atoms with E-state index in [-0.39, 0.29) is 0 Å². The summed E-state index contributed by atoms with van der Waals surface area (Å²) in [5.74, 6) is 0.767. The van der Waals surface area contributed by atoms with Crippen LogP contribution in [0, 0.1) is 0 Å². The first-order valence-electron chi connectivity index (χ1n) is 6.65. The van der Waals surface area contributed by atoms with E-state index in [2.05, 4.69) is 22.8 Å². The summed E-state index contributed by atoms with van der Waals surface area (Å²) >= 11 is 0. The normalized spacial score (nSPS) is 16.9. The molecule has 1 saturated heterocycles. The Labute approximate surface area is 109 Å². The van der Waals surface area contributed by atoms with Gasteiger partial charge < -0.3 is 15.4 Å². The molecule has 0 unspecified atom stereocenters. The molecular weight excluding hydrogens is 226 g/mol. The number of hydrogen-bond donors (Lipinski definition) is 1. The summed E-state index contributed by atoms with van der Waals surface area (Å²) in [6.45, 7) is 7.87. The van der Waals surface area contributed by atoms with E-state index in [1.165, 1.54) is 18.7 Å². The second kappa shape index (κ2) is 5.96. The van der Waals surface area contributed by atoms with Gasteiger partial charge in [-0.3, -0.25) is 4.90 Å². The zero-order valence-electron chi connectivity index (χ0n) is 11.4. The zero-order valence-corrected chi connectivity index (χ0v) is 11.4. The van der Waals surface area contributed by atoms with E-state index in [1.807, 2.05) is 12.1 Å². The van der Waals surface area contributed by atoms with Gasteiger partial charge in [0, 0.05) is 37.9 Å². The number of methoxy groups -OCH3 is 1. The first-order chi connectivity index (χ1) is 8.74. The van der Waals surface area contributed by atoms with Crippen molar-refractivity contribution in [2.75, 3.05) is 50.5 Å². The van der Waals surface area contributed by atoms with Gasteiger partial charge in [0.2, 0.25) is 0 Å². The Balaban J connectivity index is 2.01. The maximum atomic E-state index is 5.84. The number of rotatable bonds is 4. The first-order valence-corrected chi connectivity index (χ1v) is 6.65. The highest BCUT2D eigenvalue weighted by Crippen LogP contribution is 2.27. The molecule has 0 aromatic heterocycles. The van der Waals surface area contributed by atoms with Crippen molar-refractivity contribution in [3.63, 3.8) is 0 Å². The van der Waals surface area contributed by atoms with Crippen molar-refractivity contribution in [1.82, 2.24) is 4.90 Å². The molecule has 4 nitrogen and oxygen atoms in total. The smallest absolute Gasteiger partial charge is 0.143 e. The highest BCUT2D eigenvalue weighted by Gasteiger charge is 2.17. The fourth-order valence-electron chi connectivity index (χ4n) is 2.44. The van der Waals surface area contributed by atoms with Gasteiger partial charge in [0.25, 0.3) is 0 Å². The van der Waals surface area contributed by atoms with Gasteiger partial charge in [-0.25, -0.2) is 0 Å². The van der Waals surface area contributed by atoms with Crippen LogP contribution in [0.3, 0.4) is 0 Å². The Bertz CT molecular complexity index is 387. The van der Waals surface area contributed by atoms with E-state index in [0.29, 0.717) is 5.69 Å². The molecule has 1 aromatic rings. The maximum absolute atomic E-state index is 5.84. The Morgan fingerprint density at radius 1 is 1.22 bits per heavy atom. The van der Waals surface area contributed by atoms with Crippen molar-refractivity contribution < 1.29 is 4.74 Å². The van der Waals surface area contributed by atoms with E-state index in [0.717, 1.165) is 31.9 Å². The minimum Gasteiger partial charge on any atom is -0.495 e. The predicted octanol–water partition coefficient (Wildman–Crippen LogP) is 1.81. The lowest BCUT2D eigenvalue weighted by atomic mass is 10.2. The lowest BCUT2D eigenvalue weighted by Crippen LogP contribution is -2.46. The highest BCUT2D eigenvalue weighted by atomic mass is 16.5. The molecule has 1 fully saturated rings. The van der Waals surface area contributed by atoms with Crippen LogP contribution in [0.25, 0.3) is 0 Å². The summed E-state index contributed by atoms with van der Waals surface area (Å²) < 4.78 is 5.27. The van der Waals surface area contributed by atoms with E-state index < -0.39 is 0 Å². The molecule has 0 aliphatic carbocycles. The fraction of sp³-hybridized carbons (Fsp3) is 0.571. The SMILES string of the molecule is CCCN1CCN(c2ccc(N)c(OC)c2)CC1. The molecule has 18 heavy (non-hydrogen) atoms. The molecule has 0 radical (unpaired) electrons. The van der Waals surface area contributed by atoms with Gasteiger partial charge in [-0.2, -0.15) is 0 Å². The molecule has 0 spiro atoms. The van der Waals surface area contributed by atoms with Gasteiger partial charge >= 0.3 is 0 Å². The Hall–Kier alpha value is -1.42. The maximum Gasteiger partial charge on any atom is 0.143 e. The van der Waals surface area contributed by atoms with Crippen LogP contribution in [0.2, 0.25) is 0 Å². The van der Waals surface area contributed by atoms with Gasteiger partial charge in [0.1, 0.15) is 5.75 Å². The van der Waals surface area contributed by atoms with Gasteiger partial charge in [-0.1, -0.05) is 6.92 Å². The zero-order chi connectivity index (χ0) is 13.0. The monoisotopic (exact) mass is 249 g/mol. The number of hydrogen-bond acceptors (Lipinski definition) is 4. The molecule has 1 aliphatic rings. The Morgan fingerprint density at radius 2 is 1.94 bits per heavy atom. The number of anilines is 2. The average molecular weight is 249 g/mol. The van der Waals surface area contributed by atoms with Crippen LogP contribution in [0.5, 0.6) is 5.75 Å². The van der Waals surface area contributed by atoms with Crippen LogP contribution >= 0.6 is 0 Å². The van der Waals surface area contributed by atoms with Crippen LogP contribution in [-0.2, 0) is 0 Å². The second-order valence-corrected chi connectivity index (χ2v) is 4.75.